The molecule has 2 aromatic heterocycles. The number of rotatable bonds is 6. The van der Waals surface area contributed by atoms with Crippen molar-refractivity contribution in [3.05, 3.63) is 34.9 Å². The summed E-state index contributed by atoms with van der Waals surface area (Å²) in [5, 5.41) is 13.6. The Morgan fingerprint density at radius 1 is 1.40 bits per heavy atom. The Balaban J connectivity index is 1.50. The van der Waals surface area contributed by atoms with E-state index in [1.165, 1.54) is 26.1 Å². The first-order valence-electron chi connectivity index (χ1n) is 8.36. The number of carboxylic acids is 1. The normalized spacial score (nSPS) is 17.6. The summed E-state index contributed by atoms with van der Waals surface area (Å²) < 4.78 is 6.62. The maximum absolute atomic E-state index is 11.3. The highest BCUT2D eigenvalue weighted by Crippen LogP contribution is 2.53. The largest absolute Gasteiger partial charge is 0.478 e. The molecule has 0 radical (unpaired) electrons. The molecule has 0 bridgehead atoms. The van der Waals surface area contributed by atoms with Crippen LogP contribution in [-0.4, -0.2) is 51.0 Å². The predicted octanol–water partition coefficient (Wildman–Crippen LogP) is 1.47. The number of anilines is 1. The van der Waals surface area contributed by atoms with Gasteiger partial charge in [-0.15, -0.1) is 0 Å². The van der Waals surface area contributed by atoms with Crippen LogP contribution in [0.4, 0.5) is 5.95 Å². The van der Waals surface area contributed by atoms with Gasteiger partial charge >= 0.3 is 5.97 Å². The highest BCUT2D eigenvalue weighted by atomic mass is 16.5. The van der Waals surface area contributed by atoms with Crippen LogP contribution in [0.3, 0.4) is 0 Å². The minimum Gasteiger partial charge on any atom is -0.478 e. The Kier molecular flexibility index (Phi) is 3.72. The first-order valence-corrected chi connectivity index (χ1v) is 8.36. The van der Waals surface area contributed by atoms with Gasteiger partial charge in [0.15, 0.2) is 0 Å². The SMILES string of the molecule is COCc1nn(Cc2cnc(N3CC4(CC4)C3)nc2C)cc1C(=O)O. The van der Waals surface area contributed by atoms with Crippen LogP contribution in [0, 0.1) is 12.3 Å². The lowest BCUT2D eigenvalue weighted by Gasteiger charge is -2.40. The smallest absolute Gasteiger partial charge is 0.339 e. The monoisotopic (exact) mass is 343 g/mol. The fourth-order valence-electron chi connectivity index (χ4n) is 3.32. The van der Waals surface area contributed by atoms with Gasteiger partial charge in [-0.3, -0.25) is 4.68 Å². The molecule has 1 saturated carbocycles. The average molecular weight is 343 g/mol. The third-order valence-corrected chi connectivity index (χ3v) is 5.04. The molecular formula is C17H21N5O3. The zero-order chi connectivity index (χ0) is 17.6. The van der Waals surface area contributed by atoms with Gasteiger partial charge in [-0.05, 0) is 19.8 Å². The van der Waals surface area contributed by atoms with Crippen molar-refractivity contribution < 1.29 is 14.6 Å². The van der Waals surface area contributed by atoms with Gasteiger partial charge in [-0.1, -0.05) is 0 Å². The lowest BCUT2D eigenvalue weighted by molar-refractivity contribution is 0.0691. The van der Waals surface area contributed by atoms with Gasteiger partial charge in [0.1, 0.15) is 11.3 Å². The van der Waals surface area contributed by atoms with E-state index in [1.807, 2.05) is 13.1 Å². The van der Waals surface area contributed by atoms with Gasteiger partial charge < -0.3 is 14.7 Å². The van der Waals surface area contributed by atoms with E-state index < -0.39 is 5.97 Å². The number of ether oxygens (including phenoxy) is 1. The molecular weight excluding hydrogens is 322 g/mol. The first-order chi connectivity index (χ1) is 12.0. The fourth-order valence-corrected chi connectivity index (χ4v) is 3.32. The van der Waals surface area contributed by atoms with Crippen molar-refractivity contribution in [2.24, 2.45) is 5.41 Å². The highest BCUT2D eigenvalue weighted by molar-refractivity contribution is 5.88. The second kappa shape index (κ2) is 5.80. The molecule has 0 atom stereocenters. The molecule has 1 aliphatic heterocycles. The number of carboxylic acid groups (broad SMARTS) is 1. The van der Waals surface area contributed by atoms with E-state index in [4.69, 9.17) is 4.74 Å². The van der Waals surface area contributed by atoms with Crippen molar-refractivity contribution in [1.29, 1.82) is 0 Å². The molecule has 0 amide bonds. The Labute approximate surface area is 145 Å². The molecule has 8 heteroatoms. The topological polar surface area (TPSA) is 93.4 Å². The molecule has 1 N–H and O–H groups in total. The van der Waals surface area contributed by atoms with E-state index >= 15 is 0 Å². The molecule has 132 valence electrons. The van der Waals surface area contributed by atoms with Gasteiger partial charge in [0.05, 0.1) is 13.2 Å². The van der Waals surface area contributed by atoms with E-state index in [0.29, 0.717) is 17.7 Å². The van der Waals surface area contributed by atoms with Crippen molar-refractivity contribution in [2.75, 3.05) is 25.1 Å². The number of methoxy groups -OCH3 is 1. The van der Waals surface area contributed by atoms with Crippen molar-refractivity contribution in [3.8, 4) is 0 Å². The second-order valence-corrected chi connectivity index (χ2v) is 7.06. The van der Waals surface area contributed by atoms with E-state index in [2.05, 4.69) is 20.0 Å². The highest BCUT2D eigenvalue weighted by Gasteiger charge is 2.53. The standard InChI is InChI=1S/C17H21N5O3/c1-11-12(5-18-16(19-11)21-9-17(10-21)3-4-17)6-22-7-13(15(23)24)14(20-22)8-25-2/h5,7H,3-4,6,8-10H2,1-2H3,(H,23,24). The number of aryl methyl sites for hydroxylation is 1. The number of nitrogens with zero attached hydrogens (tertiary/aromatic N) is 5. The molecule has 2 aliphatic rings. The van der Waals surface area contributed by atoms with E-state index in [0.717, 1.165) is 30.3 Å². The van der Waals surface area contributed by atoms with Crippen LogP contribution in [0.25, 0.3) is 0 Å². The molecule has 1 spiro atoms. The number of aromatic nitrogens is 4. The Hall–Kier alpha value is -2.48. The summed E-state index contributed by atoms with van der Waals surface area (Å²) in [6, 6.07) is 0. The third-order valence-electron chi connectivity index (χ3n) is 5.04. The fraction of sp³-hybridized carbons (Fsp3) is 0.529. The number of aromatic carboxylic acids is 1. The van der Waals surface area contributed by atoms with Gasteiger partial charge in [-0.2, -0.15) is 5.10 Å². The van der Waals surface area contributed by atoms with Crippen LogP contribution in [-0.2, 0) is 17.9 Å². The molecule has 1 aliphatic carbocycles. The summed E-state index contributed by atoms with van der Waals surface area (Å²) in [7, 11) is 1.52. The summed E-state index contributed by atoms with van der Waals surface area (Å²) in [6.07, 6.45) is 6.00. The van der Waals surface area contributed by atoms with Crippen LogP contribution >= 0.6 is 0 Å². The molecule has 3 heterocycles. The van der Waals surface area contributed by atoms with Gasteiger partial charge in [0.2, 0.25) is 5.95 Å². The maximum atomic E-state index is 11.3. The number of hydrogen-bond acceptors (Lipinski definition) is 6. The van der Waals surface area contributed by atoms with Crippen LogP contribution in [0.15, 0.2) is 12.4 Å². The molecule has 25 heavy (non-hydrogen) atoms. The molecule has 2 fully saturated rings. The Morgan fingerprint density at radius 3 is 2.76 bits per heavy atom. The minimum atomic E-state index is -1.01. The number of hydrogen-bond donors (Lipinski definition) is 1. The van der Waals surface area contributed by atoms with Crippen molar-refractivity contribution >= 4 is 11.9 Å². The average Bonchev–Trinajstić information content (AvgIpc) is 3.24. The predicted molar refractivity (Wildman–Crippen MR) is 89.7 cm³/mol. The van der Waals surface area contributed by atoms with Crippen molar-refractivity contribution in [1.82, 2.24) is 19.7 Å². The zero-order valence-electron chi connectivity index (χ0n) is 14.4. The van der Waals surface area contributed by atoms with E-state index in [9.17, 15) is 9.90 Å². The molecule has 8 nitrogen and oxygen atoms in total. The summed E-state index contributed by atoms with van der Waals surface area (Å²) in [5.74, 6) is -0.223. The molecule has 4 rings (SSSR count). The van der Waals surface area contributed by atoms with Crippen LogP contribution in [0.1, 0.15) is 40.2 Å². The second-order valence-electron chi connectivity index (χ2n) is 7.06. The molecule has 0 unspecified atom stereocenters. The van der Waals surface area contributed by atoms with Crippen molar-refractivity contribution in [3.63, 3.8) is 0 Å². The summed E-state index contributed by atoms with van der Waals surface area (Å²) in [6.45, 7) is 4.67. The van der Waals surface area contributed by atoms with E-state index in [-0.39, 0.29) is 12.2 Å². The van der Waals surface area contributed by atoms with Crippen LogP contribution in [0.2, 0.25) is 0 Å². The Morgan fingerprint density at radius 2 is 2.16 bits per heavy atom. The maximum Gasteiger partial charge on any atom is 0.339 e. The van der Waals surface area contributed by atoms with Crippen molar-refractivity contribution in [2.45, 2.75) is 32.9 Å². The van der Waals surface area contributed by atoms with E-state index in [1.54, 1.807) is 4.68 Å². The molecule has 0 aromatic carbocycles. The molecule has 2 aromatic rings. The summed E-state index contributed by atoms with van der Waals surface area (Å²) >= 11 is 0. The zero-order valence-corrected chi connectivity index (χ0v) is 14.4. The summed E-state index contributed by atoms with van der Waals surface area (Å²) in [4.78, 5) is 22.6. The quantitative estimate of drug-likeness (QED) is 0.849. The Bertz CT molecular complexity index is 820. The lowest BCUT2D eigenvalue weighted by Crippen LogP contribution is -2.49. The lowest BCUT2D eigenvalue weighted by atomic mass is 9.98. The van der Waals surface area contributed by atoms with Gasteiger partial charge in [0, 0.05) is 49.3 Å². The first kappa shape index (κ1) is 16.0. The third kappa shape index (κ3) is 2.97. The minimum absolute atomic E-state index is 0.160. The number of carbonyl (C=O) groups is 1. The van der Waals surface area contributed by atoms with Gasteiger partial charge in [-0.25, -0.2) is 14.8 Å². The van der Waals surface area contributed by atoms with Crippen LogP contribution < -0.4 is 4.90 Å². The van der Waals surface area contributed by atoms with Gasteiger partial charge in [0.25, 0.3) is 0 Å². The molecule has 1 saturated heterocycles. The van der Waals surface area contributed by atoms with Crippen LogP contribution in [0.5, 0.6) is 0 Å². The summed E-state index contributed by atoms with van der Waals surface area (Å²) in [5.41, 5.74) is 2.96.